The highest BCUT2D eigenvalue weighted by Crippen LogP contribution is 2.10. The molecule has 0 atom stereocenters. The van der Waals surface area contributed by atoms with Crippen molar-refractivity contribution in [2.45, 2.75) is 20.4 Å². The van der Waals surface area contributed by atoms with Crippen LogP contribution in [0.5, 0.6) is 0 Å². The smallest absolute Gasteiger partial charge is 0.208 e. The Morgan fingerprint density at radius 1 is 1.20 bits per heavy atom. The number of rotatable bonds is 6. The molecule has 15 heavy (non-hydrogen) atoms. The van der Waals surface area contributed by atoms with Crippen LogP contribution in [0.4, 0.5) is 0 Å². The van der Waals surface area contributed by atoms with Crippen LogP contribution in [-0.2, 0) is 6.54 Å². The molecular weight excluding hydrogens is 196 g/mol. The van der Waals surface area contributed by atoms with E-state index in [1.54, 1.807) is 0 Å². The number of aliphatic hydroxyl groups excluding tert-OH is 2. The van der Waals surface area contributed by atoms with E-state index in [4.69, 9.17) is 14.6 Å². The van der Waals surface area contributed by atoms with Crippen molar-refractivity contribution in [1.82, 2.24) is 9.88 Å². The van der Waals surface area contributed by atoms with E-state index in [9.17, 15) is 0 Å². The van der Waals surface area contributed by atoms with Gasteiger partial charge in [-0.2, -0.15) is 0 Å². The Bertz CT molecular complexity index is 273. The van der Waals surface area contributed by atoms with Crippen molar-refractivity contribution in [2.75, 3.05) is 26.3 Å². The Hall–Kier alpha value is -0.910. The molecule has 0 saturated heterocycles. The normalized spacial score (nSPS) is 11.3. The number of aliphatic hydroxyl groups is 2. The van der Waals surface area contributed by atoms with Gasteiger partial charge < -0.3 is 14.6 Å². The van der Waals surface area contributed by atoms with Crippen molar-refractivity contribution in [1.29, 1.82) is 0 Å². The number of hydrogen-bond donors (Lipinski definition) is 2. The van der Waals surface area contributed by atoms with E-state index in [0.29, 0.717) is 25.5 Å². The van der Waals surface area contributed by atoms with Gasteiger partial charge in [-0.25, -0.2) is 4.98 Å². The Kier molecular flexibility index (Phi) is 4.74. The summed E-state index contributed by atoms with van der Waals surface area (Å²) in [5, 5.41) is 17.7. The summed E-state index contributed by atoms with van der Waals surface area (Å²) in [4.78, 5) is 6.14. The maximum absolute atomic E-state index is 8.83. The number of hydrogen-bond acceptors (Lipinski definition) is 5. The molecule has 1 heterocycles. The third-order valence-electron chi connectivity index (χ3n) is 2.26. The lowest BCUT2D eigenvalue weighted by Crippen LogP contribution is -2.29. The predicted octanol–water partition coefficient (Wildman–Crippen LogP) is 0.0780. The first-order chi connectivity index (χ1) is 7.17. The van der Waals surface area contributed by atoms with E-state index in [-0.39, 0.29) is 13.2 Å². The number of oxazole rings is 1. The van der Waals surface area contributed by atoms with Crippen LogP contribution >= 0.6 is 0 Å². The first kappa shape index (κ1) is 12.2. The highest BCUT2D eigenvalue weighted by Gasteiger charge is 2.10. The minimum atomic E-state index is 0.0681. The number of aromatic nitrogens is 1. The Morgan fingerprint density at radius 3 is 2.20 bits per heavy atom. The molecular formula is C10H18N2O3. The molecule has 0 aromatic carbocycles. The van der Waals surface area contributed by atoms with Crippen LogP contribution in [0.15, 0.2) is 4.42 Å². The Morgan fingerprint density at radius 2 is 1.80 bits per heavy atom. The summed E-state index contributed by atoms with van der Waals surface area (Å²) < 4.78 is 5.42. The molecule has 2 N–H and O–H groups in total. The van der Waals surface area contributed by atoms with Gasteiger partial charge in [-0.3, -0.25) is 4.90 Å². The van der Waals surface area contributed by atoms with Crippen LogP contribution < -0.4 is 0 Å². The zero-order valence-corrected chi connectivity index (χ0v) is 9.23. The topological polar surface area (TPSA) is 69.7 Å². The average Bonchev–Trinajstić information content (AvgIpc) is 2.47. The van der Waals surface area contributed by atoms with Crippen LogP contribution in [0.25, 0.3) is 0 Å². The maximum Gasteiger partial charge on any atom is 0.208 e. The summed E-state index contributed by atoms with van der Waals surface area (Å²) in [5.74, 6) is 1.45. The van der Waals surface area contributed by atoms with Gasteiger partial charge in [-0.1, -0.05) is 0 Å². The van der Waals surface area contributed by atoms with E-state index in [1.807, 2.05) is 18.7 Å². The quantitative estimate of drug-likeness (QED) is 0.701. The van der Waals surface area contributed by atoms with Crippen LogP contribution in [0.1, 0.15) is 17.3 Å². The molecule has 0 aliphatic heterocycles. The lowest BCUT2D eigenvalue weighted by atomic mass is 10.4. The van der Waals surface area contributed by atoms with Gasteiger partial charge in [-0.15, -0.1) is 0 Å². The fraction of sp³-hybridized carbons (Fsp3) is 0.700. The fourth-order valence-electron chi connectivity index (χ4n) is 1.35. The highest BCUT2D eigenvalue weighted by atomic mass is 16.4. The second kappa shape index (κ2) is 5.85. The van der Waals surface area contributed by atoms with Crippen molar-refractivity contribution in [3.8, 4) is 0 Å². The fourth-order valence-corrected chi connectivity index (χ4v) is 1.35. The molecule has 5 heteroatoms. The third kappa shape index (κ3) is 3.62. The number of nitrogens with zero attached hydrogens (tertiary/aromatic N) is 2. The molecule has 1 rings (SSSR count). The third-order valence-corrected chi connectivity index (χ3v) is 2.26. The van der Waals surface area contributed by atoms with Crippen LogP contribution in [0, 0.1) is 13.8 Å². The molecule has 0 aliphatic carbocycles. The lowest BCUT2D eigenvalue weighted by molar-refractivity contribution is 0.146. The molecule has 0 radical (unpaired) electrons. The van der Waals surface area contributed by atoms with Gasteiger partial charge in [0.25, 0.3) is 0 Å². The molecule has 5 nitrogen and oxygen atoms in total. The van der Waals surface area contributed by atoms with E-state index >= 15 is 0 Å². The van der Waals surface area contributed by atoms with E-state index in [0.717, 1.165) is 11.5 Å². The van der Waals surface area contributed by atoms with E-state index < -0.39 is 0 Å². The van der Waals surface area contributed by atoms with Gasteiger partial charge in [0.2, 0.25) is 5.89 Å². The molecule has 0 spiro atoms. The van der Waals surface area contributed by atoms with Crippen LogP contribution in [-0.4, -0.2) is 46.4 Å². The summed E-state index contributed by atoms with van der Waals surface area (Å²) in [6.45, 7) is 5.45. The summed E-state index contributed by atoms with van der Waals surface area (Å²) in [6, 6.07) is 0. The molecule has 0 fully saturated rings. The SMILES string of the molecule is Cc1nc(CN(CCO)CCO)oc1C. The predicted molar refractivity (Wildman–Crippen MR) is 55.4 cm³/mol. The van der Waals surface area contributed by atoms with Gasteiger partial charge >= 0.3 is 0 Å². The zero-order chi connectivity index (χ0) is 11.3. The molecule has 0 saturated carbocycles. The second-order valence-corrected chi connectivity index (χ2v) is 3.47. The minimum Gasteiger partial charge on any atom is -0.444 e. The van der Waals surface area contributed by atoms with Gasteiger partial charge in [0, 0.05) is 13.1 Å². The first-order valence-corrected chi connectivity index (χ1v) is 5.04. The van der Waals surface area contributed by atoms with Crippen LogP contribution in [0.3, 0.4) is 0 Å². The summed E-state index contributed by atoms with van der Waals surface area (Å²) in [5.41, 5.74) is 0.887. The largest absolute Gasteiger partial charge is 0.444 e. The molecule has 0 amide bonds. The second-order valence-electron chi connectivity index (χ2n) is 3.47. The minimum absolute atomic E-state index is 0.0681. The van der Waals surface area contributed by atoms with Gasteiger partial charge in [0.1, 0.15) is 5.76 Å². The lowest BCUT2D eigenvalue weighted by Gasteiger charge is -2.17. The first-order valence-electron chi connectivity index (χ1n) is 5.04. The van der Waals surface area contributed by atoms with E-state index in [1.165, 1.54) is 0 Å². The Labute approximate surface area is 89.3 Å². The zero-order valence-electron chi connectivity index (χ0n) is 9.23. The van der Waals surface area contributed by atoms with Crippen molar-refractivity contribution in [3.63, 3.8) is 0 Å². The van der Waals surface area contributed by atoms with Gasteiger partial charge in [0.05, 0.1) is 25.5 Å². The molecule has 1 aromatic rings. The molecule has 0 bridgehead atoms. The molecule has 86 valence electrons. The Balaban J connectivity index is 2.56. The average molecular weight is 214 g/mol. The van der Waals surface area contributed by atoms with Gasteiger partial charge in [0.15, 0.2) is 0 Å². The summed E-state index contributed by atoms with van der Waals surface area (Å²) >= 11 is 0. The van der Waals surface area contributed by atoms with Gasteiger partial charge in [-0.05, 0) is 13.8 Å². The number of aryl methyl sites for hydroxylation is 2. The summed E-state index contributed by atoms with van der Waals surface area (Å²) in [7, 11) is 0. The summed E-state index contributed by atoms with van der Waals surface area (Å²) in [6.07, 6.45) is 0. The van der Waals surface area contributed by atoms with Crippen LogP contribution in [0.2, 0.25) is 0 Å². The van der Waals surface area contributed by atoms with Crippen molar-refractivity contribution < 1.29 is 14.6 Å². The molecule has 0 unspecified atom stereocenters. The monoisotopic (exact) mass is 214 g/mol. The molecule has 0 aliphatic rings. The van der Waals surface area contributed by atoms with Crippen molar-refractivity contribution in [3.05, 3.63) is 17.3 Å². The van der Waals surface area contributed by atoms with E-state index in [2.05, 4.69) is 4.98 Å². The van der Waals surface area contributed by atoms with Crippen molar-refractivity contribution >= 4 is 0 Å². The standard InChI is InChI=1S/C10H18N2O3/c1-8-9(2)15-10(11-8)7-12(3-5-13)4-6-14/h13-14H,3-7H2,1-2H3. The highest BCUT2D eigenvalue weighted by molar-refractivity contribution is 5.05. The molecule has 1 aromatic heterocycles. The van der Waals surface area contributed by atoms with Crippen molar-refractivity contribution in [2.24, 2.45) is 0 Å². The maximum atomic E-state index is 8.83.